The van der Waals surface area contributed by atoms with Crippen LogP contribution in [0.2, 0.25) is 0 Å². The highest BCUT2D eigenvalue weighted by Gasteiger charge is 2.25. The molecule has 2 aromatic carbocycles. The molecule has 1 aliphatic rings. The Kier molecular flexibility index (Phi) is 5.38. The third-order valence-corrected chi connectivity index (χ3v) is 4.16. The first-order valence-corrected chi connectivity index (χ1v) is 8.12. The van der Waals surface area contributed by atoms with Crippen LogP contribution in [0.4, 0.5) is 13.2 Å². The Morgan fingerprint density at radius 2 is 1.72 bits per heavy atom. The molecule has 0 unspecified atom stereocenters. The van der Waals surface area contributed by atoms with Gasteiger partial charge in [-0.2, -0.15) is 0 Å². The summed E-state index contributed by atoms with van der Waals surface area (Å²) >= 11 is 0. The van der Waals surface area contributed by atoms with Crippen LogP contribution in [0, 0.1) is 17.5 Å². The normalized spacial score (nSPS) is 17.6. The van der Waals surface area contributed by atoms with Crippen LogP contribution in [0.15, 0.2) is 42.5 Å². The van der Waals surface area contributed by atoms with Gasteiger partial charge in [0.15, 0.2) is 0 Å². The molecule has 2 aromatic rings. The fourth-order valence-electron chi connectivity index (χ4n) is 2.94. The number of halogens is 3. The molecule has 3 nitrogen and oxygen atoms in total. The number of rotatable bonds is 4. The molecule has 6 heteroatoms. The largest absolute Gasteiger partial charge is 0.372 e. The summed E-state index contributed by atoms with van der Waals surface area (Å²) in [6.45, 7) is 1.08. The number of amides is 1. The maximum absolute atomic E-state index is 13.2. The van der Waals surface area contributed by atoms with Crippen LogP contribution < -0.4 is 0 Å². The average Bonchev–Trinajstić information content (AvgIpc) is 2.59. The average molecular weight is 349 g/mol. The molecule has 0 aliphatic carbocycles. The number of hydrogen-bond donors (Lipinski definition) is 0. The molecular weight excluding hydrogens is 331 g/mol. The van der Waals surface area contributed by atoms with E-state index in [0.29, 0.717) is 24.2 Å². The second-order valence-electron chi connectivity index (χ2n) is 6.11. The first kappa shape index (κ1) is 17.5. The Bertz CT molecular complexity index is 729. The molecule has 3 rings (SSSR count). The molecule has 1 amide bonds. The van der Waals surface area contributed by atoms with Crippen molar-refractivity contribution in [1.82, 2.24) is 4.90 Å². The van der Waals surface area contributed by atoms with E-state index in [1.807, 2.05) is 0 Å². The van der Waals surface area contributed by atoms with Crippen molar-refractivity contribution in [3.8, 4) is 0 Å². The third kappa shape index (κ3) is 4.60. The second-order valence-corrected chi connectivity index (χ2v) is 6.11. The zero-order valence-corrected chi connectivity index (χ0v) is 13.6. The van der Waals surface area contributed by atoms with Crippen molar-refractivity contribution in [3.63, 3.8) is 0 Å². The van der Waals surface area contributed by atoms with Crippen molar-refractivity contribution in [2.45, 2.75) is 25.6 Å². The SMILES string of the molecule is O=C(c1ccc(F)cc1)N1CCC[C@H](OCc2cc(F)cc(F)c2)C1. The number of benzene rings is 2. The first-order valence-electron chi connectivity index (χ1n) is 8.12. The van der Waals surface area contributed by atoms with Crippen LogP contribution >= 0.6 is 0 Å². The van der Waals surface area contributed by atoms with E-state index in [1.54, 1.807) is 4.90 Å². The molecule has 0 bridgehead atoms. The minimum Gasteiger partial charge on any atom is -0.372 e. The van der Waals surface area contributed by atoms with Gasteiger partial charge >= 0.3 is 0 Å². The van der Waals surface area contributed by atoms with Crippen molar-refractivity contribution < 1.29 is 22.7 Å². The zero-order chi connectivity index (χ0) is 17.8. The summed E-state index contributed by atoms with van der Waals surface area (Å²) in [7, 11) is 0. The van der Waals surface area contributed by atoms with Gasteiger partial charge in [-0.25, -0.2) is 13.2 Å². The van der Waals surface area contributed by atoms with Crippen molar-refractivity contribution in [2.24, 2.45) is 0 Å². The van der Waals surface area contributed by atoms with Crippen LogP contribution in [0.1, 0.15) is 28.8 Å². The molecule has 0 radical (unpaired) electrons. The number of ether oxygens (including phenoxy) is 1. The highest BCUT2D eigenvalue weighted by atomic mass is 19.1. The van der Waals surface area contributed by atoms with Crippen molar-refractivity contribution in [3.05, 3.63) is 71.0 Å². The monoisotopic (exact) mass is 349 g/mol. The fourth-order valence-corrected chi connectivity index (χ4v) is 2.94. The Labute approximate surface area is 144 Å². The van der Waals surface area contributed by atoms with Crippen LogP contribution in [0.25, 0.3) is 0 Å². The van der Waals surface area contributed by atoms with Gasteiger partial charge in [-0.15, -0.1) is 0 Å². The van der Waals surface area contributed by atoms with Gasteiger partial charge in [-0.05, 0) is 54.8 Å². The van der Waals surface area contributed by atoms with Gasteiger partial charge in [0.1, 0.15) is 17.5 Å². The summed E-state index contributed by atoms with van der Waals surface area (Å²) in [6, 6.07) is 8.69. The predicted octanol–water partition coefficient (Wildman–Crippen LogP) is 3.93. The molecule has 1 saturated heterocycles. The Hall–Kier alpha value is -2.34. The van der Waals surface area contributed by atoms with E-state index in [9.17, 15) is 18.0 Å². The summed E-state index contributed by atoms with van der Waals surface area (Å²) in [5, 5.41) is 0. The number of carbonyl (C=O) groups excluding carboxylic acids is 1. The Morgan fingerprint density at radius 1 is 1.04 bits per heavy atom. The predicted molar refractivity (Wildman–Crippen MR) is 86.5 cm³/mol. The Balaban J connectivity index is 1.59. The lowest BCUT2D eigenvalue weighted by molar-refractivity contribution is -0.00686. The van der Waals surface area contributed by atoms with Crippen molar-refractivity contribution in [1.29, 1.82) is 0 Å². The zero-order valence-electron chi connectivity index (χ0n) is 13.6. The molecule has 0 saturated carbocycles. The van der Waals surface area contributed by atoms with Gasteiger partial charge in [0.25, 0.3) is 5.91 Å². The van der Waals surface area contributed by atoms with E-state index >= 15 is 0 Å². The Morgan fingerprint density at radius 3 is 2.40 bits per heavy atom. The van der Waals surface area contributed by atoms with Gasteiger partial charge in [0.05, 0.1) is 12.7 Å². The fraction of sp³-hybridized carbons (Fsp3) is 0.316. The van der Waals surface area contributed by atoms with Crippen LogP contribution in [-0.4, -0.2) is 30.0 Å². The summed E-state index contributed by atoms with van der Waals surface area (Å²) in [6.07, 6.45) is 1.34. The van der Waals surface area contributed by atoms with Gasteiger partial charge < -0.3 is 9.64 Å². The molecule has 0 spiro atoms. The van der Waals surface area contributed by atoms with Crippen LogP contribution in [0.5, 0.6) is 0 Å². The summed E-state index contributed by atoms with van der Waals surface area (Å²) in [5.74, 6) is -1.85. The second kappa shape index (κ2) is 7.70. The summed E-state index contributed by atoms with van der Waals surface area (Å²) in [5.41, 5.74) is 0.841. The summed E-state index contributed by atoms with van der Waals surface area (Å²) in [4.78, 5) is 14.1. The highest BCUT2D eigenvalue weighted by molar-refractivity contribution is 5.94. The van der Waals surface area contributed by atoms with Crippen molar-refractivity contribution in [2.75, 3.05) is 13.1 Å². The lowest BCUT2D eigenvalue weighted by atomic mass is 10.1. The minimum atomic E-state index is -0.643. The summed E-state index contributed by atoms with van der Waals surface area (Å²) < 4.78 is 45.1. The lowest BCUT2D eigenvalue weighted by Gasteiger charge is -2.32. The van der Waals surface area contributed by atoms with E-state index in [4.69, 9.17) is 4.74 Å². The van der Waals surface area contributed by atoms with E-state index in [-0.39, 0.29) is 18.6 Å². The first-order chi connectivity index (χ1) is 12.0. The number of carbonyl (C=O) groups is 1. The molecule has 132 valence electrons. The van der Waals surface area contributed by atoms with E-state index in [1.165, 1.54) is 36.4 Å². The molecule has 1 aliphatic heterocycles. The van der Waals surface area contributed by atoms with E-state index < -0.39 is 17.5 Å². The molecule has 1 atom stereocenters. The van der Waals surface area contributed by atoms with Gasteiger partial charge in [-0.3, -0.25) is 4.79 Å². The third-order valence-electron chi connectivity index (χ3n) is 4.16. The number of likely N-dealkylation sites (tertiary alicyclic amines) is 1. The topological polar surface area (TPSA) is 29.5 Å². The number of hydrogen-bond acceptors (Lipinski definition) is 2. The molecule has 0 aromatic heterocycles. The van der Waals surface area contributed by atoms with Crippen LogP contribution in [0.3, 0.4) is 0 Å². The molecular formula is C19H18F3NO2. The highest BCUT2D eigenvalue weighted by Crippen LogP contribution is 2.18. The maximum Gasteiger partial charge on any atom is 0.253 e. The van der Waals surface area contributed by atoms with Crippen LogP contribution in [-0.2, 0) is 11.3 Å². The lowest BCUT2D eigenvalue weighted by Crippen LogP contribution is -2.43. The molecule has 1 fully saturated rings. The minimum absolute atomic E-state index is 0.0813. The maximum atomic E-state index is 13.2. The standard InChI is InChI=1S/C19H18F3NO2/c20-15-5-3-14(4-6-15)19(24)23-7-1-2-18(11-23)25-12-13-8-16(21)10-17(22)9-13/h3-6,8-10,18H,1-2,7,11-12H2/t18-/m0/s1. The van der Waals surface area contributed by atoms with E-state index in [2.05, 4.69) is 0 Å². The van der Waals surface area contributed by atoms with Gasteiger partial charge in [0.2, 0.25) is 0 Å². The van der Waals surface area contributed by atoms with Gasteiger partial charge in [0, 0.05) is 24.7 Å². The molecule has 25 heavy (non-hydrogen) atoms. The van der Waals surface area contributed by atoms with Crippen molar-refractivity contribution >= 4 is 5.91 Å². The quantitative estimate of drug-likeness (QED) is 0.837. The molecule has 0 N–H and O–H groups in total. The number of piperidine rings is 1. The molecule has 1 heterocycles. The smallest absolute Gasteiger partial charge is 0.253 e. The van der Waals surface area contributed by atoms with Gasteiger partial charge in [-0.1, -0.05) is 0 Å². The van der Waals surface area contributed by atoms with E-state index in [0.717, 1.165) is 18.9 Å². The number of nitrogens with zero attached hydrogens (tertiary/aromatic N) is 1.